The van der Waals surface area contributed by atoms with Crippen molar-refractivity contribution >= 4 is 21.9 Å². The molecule has 0 aromatic rings. The monoisotopic (exact) mass is 207 g/mol. The Morgan fingerprint density at radius 2 is 2.25 bits per heavy atom. The molecule has 0 aromatic carbocycles. The summed E-state index contributed by atoms with van der Waals surface area (Å²) in [4.78, 5) is 0. The Labute approximate surface area is 76.0 Å². The van der Waals surface area contributed by atoms with E-state index >= 15 is 0 Å². The van der Waals surface area contributed by atoms with Gasteiger partial charge in [-0.2, -0.15) is 25.4 Å². The lowest BCUT2D eigenvalue weighted by Crippen LogP contribution is -2.24. The van der Waals surface area contributed by atoms with E-state index in [1.165, 1.54) is 0 Å². The lowest BCUT2D eigenvalue weighted by molar-refractivity contribution is 0.210. The zero-order valence-corrected chi connectivity index (χ0v) is 8.19. The van der Waals surface area contributed by atoms with Crippen LogP contribution < -0.4 is 0 Å². The van der Waals surface area contributed by atoms with Gasteiger partial charge in [-0.15, -0.1) is 0 Å². The van der Waals surface area contributed by atoms with E-state index in [-0.39, 0.29) is 5.92 Å². The van der Waals surface area contributed by atoms with E-state index in [1.807, 2.05) is 6.07 Å². The van der Waals surface area contributed by atoms with Crippen molar-refractivity contribution in [3.63, 3.8) is 0 Å². The number of rotatable bonds is 2. The van der Waals surface area contributed by atoms with Gasteiger partial charge in [-0.3, -0.25) is 4.18 Å². The molecule has 0 N–H and O–H groups in total. The molecule has 2 unspecified atom stereocenters. The van der Waals surface area contributed by atoms with Crippen molar-refractivity contribution in [2.75, 3.05) is 17.8 Å². The van der Waals surface area contributed by atoms with Crippen LogP contribution in [0.4, 0.5) is 0 Å². The minimum atomic E-state index is -3.42. The van der Waals surface area contributed by atoms with E-state index in [2.05, 4.69) is 0 Å². The summed E-state index contributed by atoms with van der Waals surface area (Å²) < 4.78 is 26.1. The van der Waals surface area contributed by atoms with Crippen molar-refractivity contribution in [1.29, 1.82) is 5.26 Å². The zero-order chi connectivity index (χ0) is 9.19. The predicted molar refractivity (Wildman–Crippen MR) is 46.1 cm³/mol. The number of nitrogens with zero attached hydrogens (tertiary/aromatic N) is 1. The second kappa shape index (κ2) is 3.64. The maximum Gasteiger partial charge on any atom is 0.264 e. The van der Waals surface area contributed by atoms with Gasteiger partial charge in [0.1, 0.15) is 6.10 Å². The smallest absolute Gasteiger partial charge is 0.264 e. The molecule has 1 saturated heterocycles. The fourth-order valence-electron chi connectivity index (χ4n) is 0.974. The fourth-order valence-corrected chi connectivity index (χ4v) is 2.92. The van der Waals surface area contributed by atoms with E-state index < -0.39 is 16.2 Å². The molecular weight excluding hydrogens is 198 g/mol. The fraction of sp³-hybridized carbons (Fsp3) is 0.833. The summed E-state index contributed by atoms with van der Waals surface area (Å²) in [5.41, 5.74) is 0. The normalized spacial score (nSPS) is 30.0. The molecule has 6 heteroatoms. The summed E-state index contributed by atoms with van der Waals surface area (Å²) >= 11 is 1.54. The van der Waals surface area contributed by atoms with Crippen LogP contribution >= 0.6 is 11.8 Å². The zero-order valence-electron chi connectivity index (χ0n) is 6.56. The molecule has 4 nitrogen and oxygen atoms in total. The van der Waals surface area contributed by atoms with Crippen molar-refractivity contribution in [3.8, 4) is 6.07 Å². The number of nitriles is 1. The summed E-state index contributed by atoms with van der Waals surface area (Å²) in [5.74, 6) is 0.965. The first-order valence-electron chi connectivity index (χ1n) is 3.38. The Hall–Kier alpha value is -0.250. The number of hydrogen-bond donors (Lipinski definition) is 0. The van der Waals surface area contributed by atoms with E-state index in [1.54, 1.807) is 11.8 Å². The molecule has 0 spiro atoms. The minimum absolute atomic E-state index is 0.287. The molecule has 1 aliphatic rings. The van der Waals surface area contributed by atoms with Gasteiger partial charge >= 0.3 is 0 Å². The number of thioether (sulfide) groups is 1. The first kappa shape index (κ1) is 9.84. The van der Waals surface area contributed by atoms with Crippen LogP contribution in [0.3, 0.4) is 0 Å². The molecule has 0 bridgehead atoms. The average Bonchev–Trinajstić information content (AvgIpc) is 2.31. The minimum Gasteiger partial charge on any atom is -0.265 e. The van der Waals surface area contributed by atoms with Gasteiger partial charge in [0.05, 0.1) is 18.2 Å². The van der Waals surface area contributed by atoms with Crippen LogP contribution in [0.25, 0.3) is 0 Å². The maximum absolute atomic E-state index is 10.7. The Morgan fingerprint density at radius 3 is 2.75 bits per heavy atom. The quantitative estimate of drug-likeness (QED) is 0.606. The van der Waals surface area contributed by atoms with E-state index in [0.29, 0.717) is 11.5 Å². The van der Waals surface area contributed by atoms with Gasteiger partial charge in [0.2, 0.25) is 0 Å². The lowest BCUT2D eigenvalue weighted by Gasteiger charge is -2.10. The molecule has 0 aliphatic carbocycles. The van der Waals surface area contributed by atoms with Crippen LogP contribution in [0, 0.1) is 17.2 Å². The van der Waals surface area contributed by atoms with Gasteiger partial charge < -0.3 is 0 Å². The Balaban J connectivity index is 2.59. The average molecular weight is 207 g/mol. The van der Waals surface area contributed by atoms with Crippen molar-refractivity contribution in [2.24, 2.45) is 5.92 Å². The first-order chi connectivity index (χ1) is 5.53. The molecule has 2 atom stereocenters. The molecule has 1 rings (SSSR count). The standard InChI is InChI=1S/C6H9NO3S2/c1-12(8,9)10-6-4-11-3-5(6)2-7/h5-6H,3-4H2,1H3. The van der Waals surface area contributed by atoms with Gasteiger partial charge in [0.15, 0.2) is 0 Å². The molecule has 68 valence electrons. The van der Waals surface area contributed by atoms with Crippen LogP contribution in [0.5, 0.6) is 0 Å². The van der Waals surface area contributed by atoms with Crippen molar-refractivity contribution in [1.82, 2.24) is 0 Å². The van der Waals surface area contributed by atoms with Crippen LogP contribution in [-0.4, -0.2) is 32.3 Å². The highest BCUT2D eigenvalue weighted by Gasteiger charge is 2.31. The molecule has 0 saturated carbocycles. The van der Waals surface area contributed by atoms with E-state index in [9.17, 15) is 8.42 Å². The molecule has 0 aromatic heterocycles. The van der Waals surface area contributed by atoms with Gasteiger partial charge in [-0.25, -0.2) is 0 Å². The SMILES string of the molecule is CS(=O)(=O)OC1CSCC1C#N. The van der Waals surface area contributed by atoms with Gasteiger partial charge in [0, 0.05) is 11.5 Å². The third kappa shape index (κ3) is 2.66. The molecule has 1 heterocycles. The molecule has 0 radical (unpaired) electrons. The summed E-state index contributed by atoms with van der Waals surface area (Å²) in [6.45, 7) is 0. The lowest BCUT2D eigenvalue weighted by atomic mass is 10.1. The van der Waals surface area contributed by atoms with Crippen LogP contribution in [-0.2, 0) is 14.3 Å². The van der Waals surface area contributed by atoms with Crippen molar-refractivity contribution < 1.29 is 12.6 Å². The Bertz CT molecular complexity index is 292. The number of hydrogen-bond acceptors (Lipinski definition) is 5. The third-order valence-electron chi connectivity index (χ3n) is 1.49. The summed E-state index contributed by atoms with van der Waals surface area (Å²) in [7, 11) is -3.42. The molecule has 12 heavy (non-hydrogen) atoms. The Kier molecular flexibility index (Phi) is 2.99. The van der Waals surface area contributed by atoms with Gasteiger partial charge in [-0.1, -0.05) is 0 Å². The van der Waals surface area contributed by atoms with E-state index in [4.69, 9.17) is 9.44 Å². The third-order valence-corrected chi connectivity index (χ3v) is 3.25. The van der Waals surface area contributed by atoms with Crippen molar-refractivity contribution in [3.05, 3.63) is 0 Å². The van der Waals surface area contributed by atoms with Crippen LogP contribution in [0.1, 0.15) is 0 Å². The Morgan fingerprint density at radius 1 is 1.58 bits per heavy atom. The largest absolute Gasteiger partial charge is 0.265 e. The van der Waals surface area contributed by atoms with Crippen molar-refractivity contribution in [2.45, 2.75) is 6.10 Å². The predicted octanol–water partition coefficient (Wildman–Crippen LogP) is 0.218. The summed E-state index contributed by atoms with van der Waals surface area (Å²) in [6.07, 6.45) is 0.555. The van der Waals surface area contributed by atoms with Crippen LogP contribution in [0.15, 0.2) is 0 Å². The topological polar surface area (TPSA) is 67.2 Å². The maximum atomic E-state index is 10.7. The molecule has 0 amide bonds. The summed E-state index contributed by atoms with van der Waals surface area (Å²) in [5, 5.41) is 8.60. The van der Waals surface area contributed by atoms with E-state index in [0.717, 1.165) is 6.26 Å². The highest BCUT2D eigenvalue weighted by Crippen LogP contribution is 2.26. The van der Waals surface area contributed by atoms with Gasteiger partial charge in [-0.05, 0) is 0 Å². The molecule has 1 aliphatic heterocycles. The molecular formula is C6H9NO3S2. The van der Waals surface area contributed by atoms with Gasteiger partial charge in [0.25, 0.3) is 10.1 Å². The highest BCUT2D eigenvalue weighted by molar-refractivity contribution is 7.99. The van der Waals surface area contributed by atoms with Crippen LogP contribution in [0.2, 0.25) is 0 Å². The molecule has 1 fully saturated rings. The second-order valence-corrected chi connectivity index (χ2v) is 5.29. The second-order valence-electron chi connectivity index (χ2n) is 2.61. The summed E-state index contributed by atoms with van der Waals surface area (Å²) in [6, 6.07) is 2.03. The first-order valence-corrected chi connectivity index (χ1v) is 6.35. The highest BCUT2D eigenvalue weighted by atomic mass is 32.2.